The summed E-state index contributed by atoms with van der Waals surface area (Å²) in [6, 6.07) is 0. The fraction of sp³-hybridized carbons (Fsp3) is 0.600. The van der Waals surface area contributed by atoms with Crippen molar-refractivity contribution in [2.75, 3.05) is 52.9 Å². The molecule has 0 aromatic carbocycles. The second kappa shape index (κ2) is 23.5. The number of aliphatic hydroxyl groups is 2. The third-order valence-electron chi connectivity index (χ3n) is 1.75. The van der Waals surface area contributed by atoms with Crippen LogP contribution in [0.4, 0.5) is 0 Å². The normalized spacial score (nSPS) is 8.96. The number of hydrogen-bond donors (Lipinski definition) is 4. The summed E-state index contributed by atoms with van der Waals surface area (Å²) in [6.45, 7) is 10.3. The van der Waals surface area contributed by atoms with Crippen molar-refractivity contribution in [2.45, 2.75) is 6.92 Å². The van der Waals surface area contributed by atoms with Crippen LogP contribution in [0.1, 0.15) is 6.92 Å². The lowest BCUT2D eigenvalue weighted by molar-refractivity contribution is -0.133. The number of aliphatic hydroxyl groups excluding tert-OH is 2. The Morgan fingerprint density at radius 3 is 1.29 bits per heavy atom. The monoisotopic (exact) mass is 352 g/mol. The van der Waals surface area contributed by atoms with E-state index in [1.54, 1.807) is 0 Å². The molecule has 0 aromatic heterocycles. The van der Waals surface area contributed by atoms with Crippen LogP contribution < -0.4 is 0 Å². The Labute approximate surface area is 141 Å². The number of ether oxygens (including phenoxy) is 3. The molecule has 24 heavy (non-hydrogen) atoms. The number of rotatable bonds is 12. The molecule has 0 spiro atoms. The van der Waals surface area contributed by atoms with Gasteiger partial charge in [0.25, 0.3) is 0 Å². The zero-order valence-electron chi connectivity index (χ0n) is 14.0. The summed E-state index contributed by atoms with van der Waals surface area (Å²) in [7, 11) is 0. The van der Waals surface area contributed by atoms with E-state index in [1.165, 1.54) is 6.92 Å². The zero-order chi connectivity index (χ0) is 19.2. The standard InChI is InChI=1S/C8H18O5.C4H6O2.C3H4O2/c9-1-3-11-5-7-13-8-6-12-4-2-10;1-3(2)4(5)6;1-2-3(4)5/h9-10H,1-8H2;1H2,2H3,(H,5,6);2H,1H2,(H,4,5). The second-order valence-electron chi connectivity index (χ2n) is 3.91. The first-order valence-electron chi connectivity index (χ1n) is 7.02. The van der Waals surface area contributed by atoms with Gasteiger partial charge in [-0.2, -0.15) is 0 Å². The largest absolute Gasteiger partial charge is 0.478 e. The van der Waals surface area contributed by atoms with Gasteiger partial charge in [-0.3, -0.25) is 0 Å². The summed E-state index contributed by atoms with van der Waals surface area (Å²) in [5, 5.41) is 32.2. The molecule has 0 heterocycles. The van der Waals surface area contributed by atoms with Crippen LogP contribution in [0.15, 0.2) is 24.8 Å². The maximum absolute atomic E-state index is 9.60. The molecule has 0 aliphatic rings. The summed E-state index contributed by atoms with van der Waals surface area (Å²) in [5.41, 5.74) is 0.176. The summed E-state index contributed by atoms with van der Waals surface area (Å²) < 4.78 is 15.0. The maximum atomic E-state index is 9.60. The molecule has 142 valence electrons. The Bertz CT molecular complexity index is 307. The third kappa shape index (κ3) is 36.9. The first kappa shape index (κ1) is 27.1. The van der Waals surface area contributed by atoms with Gasteiger partial charge in [0.15, 0.2) is 0 Å². The topological polar surface area (TPSA) is 143 Å². The van der Waals surface area contributed by atoms with Gasteiger partial charge < -0.3 is 34.6 Å². The molecule has 0 aliphatic heterocycles. The molecule has 0 amide bonds. The molecule has 0 fully saturated rings. The van der Waals surface area contributed by atoms with E-state index in [4.69, 9.17) is 34.6 Å². The average molecular weight is 352 g/mol. The van der Waals surface area contributed by atoms with Crippen molar-refractivity contribution in [2.24, 2.45) is 0 Å². The molecule has 4 N–H and O–H groups in total. The molecule has 0 rings (SSSR count). The van der Waals surface area contributed by atoms with Crippen molar-refractivity contribution in [3.63, 3.8) is 0 Å². The molecular formula is C15H28O9. The van der Waals surface area contributed by atoms with Gasteiger partial charge >= 0.3 is 11.9 Å². The Balaban J connectivity index is -0.000000332. The molecule has 0 saturated carbocycles. The van der Waals surface area contributed by atoms with E-state index in [-0.39, 0.29) is 18.8 Å². The van der Waals surface area contributed by atoms with Crippen LogP contribution in [0.2, 0.25) is 0 Å². The summed E-state index contributed by atoms with van der Waals surface area (Å²) in [4.78, 5) is 18.8. The quantitative estimate of drug-likeness (QED) is 0.280. The van der Waals surface area contributed by atoms with Crippen LogP contribution in [0.25, 0.3) is 0 Å². The Morgan fingerprint density at radius 2 is 1.12 bits per heavy atom. The summed E-state index contributed by atoms with van der Waals surface area (Å²) >= 11 is 0. The van der Waals surface area contributed by atoms with Gasteiger partial charge in [-0.05, 0) is 6.92 Å². The predicted molar refractivity (Wildman–Crippen MR) is 86.9 cm³/mol. The van der Waals surface area contributed by atoms with Crippen LogP contribution in [0.3, 0.4) is 0 Å². The lowest BCUT2D eigenvalue weighted by atomic mass is 10.4. The van der Waals surface area contributed by atoms with E-state index in [0.29, 0.717) is 39.6 Å². The lowest BCUT2D eigenvalue weighted by Crippen LogP contribution is -2.11. The number of carboxylic acid groups (broad SMARTS) is 2. The van der Waals surface area contributed by atoms with Gasteiger partial charge in [-0.1, -0.05) is 13.2 Å². The Hall–Kier alpha value is -1.78. The fourth-order valence-corrected chi connectivity index (χ4v) is 0.671. The highest BCUT2D eigenvalue weighted by Gasteiger charge is 1.90. The van der Waals surface area contributed by atoms with Crippen molar-refractivity contribution in [3.05, 3.63) is 24.8 Å². The van der Waals surface area contributed by atoms with Gasteiger partial charge in [0.2, 0.25) is 0 Å². The number of aliphatic carboxylic acids is 2. The zero-order valence-corrected chi connectivity index (χ0v) is 14.0. The Kier molecular flexibility index (Phi) is 26.5. The van der Waals surface area contributed by atoms with E-state index in [0.717, 1.165) is 6.08 Å². The van der Waals surface area contributed by atoms with Gasteiger partial charge in [0.05, 0.1) is 52.9 Å². The summed E-state index contributed by atoms with van der Waals surface area (Å²) in [6.07, 6.45) is 0.833. The molecule has 9 nitrogen and oxygen atoms in total. The van der Waals surface area contributed by atoms with E-state index < -0.39 is 11.9 Å². The van der Waals surface area contributed by atoms with Crippen LogP contribution in [0, 0.1) is 0 Å². The van der Waals surface area contributed by atoms with Crippen molar-refractivity contribution in [1.29, 1.82) is 0 Å². The van der Waals surface area contributed by atoms with E-state index >= 15 is 0 Å². The maximum Gasteiger partial charge on any atom is 0.330 e. The van der Waals surface area contributed by atoms with Gasteiger partial charge in [-0.15, -0.1) is 0 Å². The van der Waals surface area contributed by atoms with E-state index in [2.05, 4.69) is 13.2 Å². The van der Waals surface area contributed by atoms with Crippen LogP contribution in [-0.4, -0.2) is 85.2 Å². The first-order valence-corrected chi connectivity index (χ1v) is 7.02. The third-order valence-corrected chi connectivity index (χ3v) is 1.75. The fourth-order valence-electron chi connectivity index (χ4n) is 0.671. The highest BCUT2D eigenvalue weighted by molar-refractivity contribution is 5.84. The molecular weight excluding hydrogens is 324 g/mol. The van der Waals surface area contributed by atoms with Gasteiger partial charge in [-0.25, -0.2) is 9.59 Å². The van der Waals surface area contributed by atoms with Crippen LogP contribution in [0.5, 0.6) is 0 Å². The highest BCUT2D eigenvalue weighted by atomic mass is 16.5. The summed E-state index contributed by atoms with van der Waals surface area (Å²) in [5.74, 6) is -1.92. The van der Waals surface area contributed by atoms with Crippen LogP contribution in [-0.2, 0) is 23.8 Å². The number of carbonyl (C=O) groups is 2. The molecule has 0 radical (unpaired) electrons. The minimum Gasteiger partial charge on any atom is -0.478 e. The number of hydrogen-bond acceptors (Lipinski definition) is 7. The molecule has 0 aliphatic carbocycles. The molecule has 9 heteroatoms. The van der Waals surface area contributed by atoms with Crippen molar-refractivity contribution < 1.29 is 44.2 Å². The van der Waals surface area contributed by atoms with E-state index in [9.17, 15) is 9.59 Å². The van der Waals surface area contributed by atoms with Crippen LogP contribution >= 0.6 is 0 Å². The number of carboxylic acids is 2. The minimum absolute atomic E-state index is 0.0413. The van der Waals surface area contributed by atoms with Crippen molar-refractivity contribution in [3.8, 4) is 0 Å². The molecule has 0 saturated heterocycles. The van der Waals surface area contributed by atoms with Gasteiger partial charge in [0, 0.05) is 11.6 Å². The Morgan fingerprint density at radius 1 is 0.875 bits per heavy atom. The SMILES string of the molecule is C=C(C)C(=O)O.C=CC(=O)O.OCCOCCOCCOCCO. The average Bonchev–Trinajstić information content (AvgIpc) is 2.54. The predicted octanol–water partition coefficient (Wildman–Crippen LogP) is -0.0751. The lowest BCUT2D eigenvalue weighted by Gasteiger charge is -2.04. The minimum atomic E-state index is -0.981. The van der Waals surface area contributed by atoms with Crippen molar-refractivity contribution >= 4 is 11.9 Å². The second-order valence-corrected chi connectivity index (χ2v) is 3.91. The molecule has 0 aromatic rings. The molecule has 0 bridgehead atoms. The molecule has 0 unspecified atom stereocenters. The first-order chi connectivity index (χ1) is 11.3. The van der Waals surface area contributed by atoms with E-state index in [1.807, 2.05) is 0 Å². The molecule has 0 atom stereocenters. The highest BCUT2D eigenvalue weighted by Crippen LogP contribution is 1.81. The smallest absolute Gasteiger partial charge is 0.330 e. The van der Waals surface area contributed by atoms with Gasteiger partial charge in [0.1, 0.15) is 0 Å². The van der Waals surface area contributed by atoms with Crippen molar-refractivity contribution in [1.82, 2.24) is 0 Å².